The molecule has 1 saturated heterocycles. The summed E-state index contributed by atoms with van der Waals surface area (Å²) in [6.45, 7) is 6.45. The monoisotopic (exact) mass is 249 g/mol. The number of phenolic OH excluding ortho intramolecular Hbond substituents is 1. The van der Waals surface area contributed by atoms with Crippen molar-refractivity contribution in [1.82, 2.24) is 5.32 Å². The van der Waals surface area contributed by atoms with Crippen LogP contribution in [0.15, 0.2) is 18.2 Å². The van der Waals surface area contributed by atoms with E-state index in [1.54, 1.807) is 18.2 Å². The van der Waals surface area contributed by atoms with Gasteiger partial charge in [0.2, 0.25) is 0 Å². The van der Waals surface area contributed by atoms with Gasteiger partial charge < -0.3 is 15.2 Å². The number of hydrogen-bond donors (Lipinski definition) is 2. The average molecular weight is 249 g/mol. The normalized spacial score (nSPS) is 27.2. The maximum absolute atomic E-state index is 12.2. The number of aromatic hydroxyl groups is 1. The van der Waals surface area contributed by atoms with E-state index in [0.29, 0.717) is 12.2 Å². The molecule has 1 heterocycles. The van der Waals surface area contributed by atoms with E-state index in [-0.39, 0.29) is 23.3 Å². The first kappa shape index (κ1) is 12.9. The SMILES string of the molecule is Cc1ccc(O)c(C(=O)NC2(C)CCOC2C)c1. The summed E-state index contributed by atoms with van der Waals surface area (Å²) in [7, 11) is 0. The lowest BCUT2D eigenvalue weighted by atomic mass is 9.94. The number of hydrogen-bond acceptors (Lipinski definition) is 3. The van der Waals surface area contributed by atoms with E-state index in [1.165, 1.54) is 0 Å². The molecule has 2 unspecified atom stereocenters. The van der Waals surface area contributed by atoms with Crippen LogP contribution in [0.4, 0.5) is 0 Å². The number of rotatable bonds is 2. The zero-order chi connectivity index (χ0) is 13.3. The molecule has 1 aliphatic heterocycles. The highest BCUT2D eigenvalue weighted by molar-refractivity contribution is 5.97. The summed E-state index contributed by atoms with van der Waals surface area (Å²) >= 11 is 0. The number of amides is 1. The van der Waals surface area contributed by atoms with E-state index in [2.05, 4.69) is 5.32 Å². The zero-order valence-corrected chi connectivity index (χ0v) is 11.0. The van der Waals surface area contributed by atoms with Crippen molar-refractivity contribution < 1.29 is 14.6 Å². The second-order valence-corrected chi connectivity index (χ2v) is 5.16. The highest BCUT2D eigenvalue weighted by atomic mass is 16.5. The summed E-state index contributed by atoms with van der Waals surface area (Å²) in [4.78, 5) is 12.2. The molecule has 18 heavy (non-hydrogen) atoms. The molecule has 4 heteroatoms. The molecule has 0 spiro atoms. The lowest BCUT2D eigenvalue weighted by molar-refractivity contribution is 0.0725. The molecule has 4 nitrogen and oxygen atoms in total. The number of phenols is 1. The predicted molar refractivity (Wildman–Crippen MR) is 68.7 cm³/mol. The van der Waals surface area contributed by atoms with Gasteiger partial charge in [-0.2, -0.15) is 0 Å². The minimum Gasteiger partial charge on any atom is -0.507 e. The van der Waals surface area contributed by atoms with Gasteiger partial charge in [-0.1, -0.05) is 11.6 Å². The molecule has 0 aliphatic carbocycles. The number of aryl methyl sites for hydroxylation is 1. The first-order chi connectivity index (χ1) is 8.42. The third-order valence-electron chi connectivity index (χ3n) is 3.68. The molecule has 1 aromatic carbocycles. The van der Waals surface area contributed by atoms with Crippen LogP contribution in [-0.2, 0) is 4.74 Å². The molecular weight excluding hydrogens is 230 g/mol. The molecule has 0 radical (unpaired) electrons. The van der Waals surface area contributed by atoms with Crippen LogP contribution >= 0.6 is 0 Å². The topological polar surface area (TPSA) is 58.6 Å². The molecule has 1 aliphatic rings. The zero-order valence-electron chi connectivity index (χ0n) is 11.0. The van der Waals surface area contributed by atoms with Crippen molar-refractivity contribution in [1.29, 1.82) is 0 Å². The molecule has 2 rings (SSSR count). The van der Waals surface area contributed by atoms with Gasteiger partial charge in [-0.25, -0.2) is 0 Å². The van der Waals surface area contributed by atoms with Crippen LogP contribution in [0.2, 0.25) is 0 Å². The van der Waals surface area contributed by atoms with Crippen molar-refractivity contribution in [3.8, 4) is 5.75 Å². The van der Waals surface area contributed by atoms with Gasteiger partial charge in [-0.15, -0.1) is 0 Å². The van der Waals surface area contributed by atoms with Gasteiger partial charge in [0.05, 0.1) is 17.2 Å². The summed E-state index contributed by atoms with van der Waals surface area (Å²) in [5.74, 6) is -0.246. The van der Waals surface area contributed by atoms with Crippen LogP contribution < -0.4 is 5.32 Å². The quantitative estimate of drug-likeness (QED) is 0.842. The van der Waals surface area contributed by atoms with Crippen molar-refractivity contribution >= 4 is 5.91 Å². The Balaban J connectivity index is 2.19. The van der Waals surface area contributed by atoms with Crippen LogP contribution in [-0.4, -0.2) is 29.3 Å². The van der Waals surface area contributed by atoms with E-state index in [0.717, 1.165) is 12.0 Å². The number of carbonyl (C=O) groups is 1. The van der Waals surface area contributed by atoms with Crippen molar-refractivity contribution in [3.05, 3.63) is 29.3 Å². The van der Waals surface area contributed by atoms with Crippen molar-refractivity contribution in [2.75, 3.05) is 6.61 Å². The number of nitrogens with one attached hydrogen (secondary N) is 1. The van der Waals surface area contributed by atoms with Crippen molar-refractivity contribution in [2.45, 2.75) is 38.8 Å². The van der Waals surface area contributed by atoms with Gasteiger partial charge in [-0.05, 0) is 39.3 Å². The second kappa shape index (κ2) is 4.61. The Kier molecular flexibility index (Phi) is 3.30. The average Bonchev–Trinajstić information content (AvgIpc) is 2.62. The maximum atomic E-state index is 12.2. The minimum atomic E-state index is -0.368. The number of benzene rings is 1. The highest BCUT2D eigenvalue weighted by Crippen LogP contribution is 2.26. The standard InChI is InChI=1S/C14H19NO3/c1-9-4-5-12(16)11(8-9)13(17)15-14(3)6-7-18-10(14)2/h4-5,8,10,16H,6-7H2,1-3H3,(H,15,17). The Morgan fingerprint density at radius 2 is 2.28 bits per heavy atom. The van der Waals surface area contributed by atoms with Gasteiger partial charge >= 0.3 is 0 Å². The Labute approximate surface area is 107 Å². The van der Waals surface area contributed by atoms with Crippen LogP contribution in [0.25, 0.3) is 0 Å². The summed E-state index contributed by atoms with van der Waals surface area (Å²) in [6, 6.07) is 5.00. The second-order valence-electron chi connectivity index (χ2n) is 5.16. The lowest BCUT2D eigenvalue weighted by Crippen LogP contribution is -2.50. The van der Waals surface area contributed by atoms with Gasteiger partial charge in [0.15, 0.2) is 0 Å². The van der Waals surface area contributed by atoms with Gasteiger partial charge in [-0.3, -0.25) is 4.79 Å². The fourth-order valence-electron chi connectivity index (χ4n) is 2.16. The van der Waals surface area contributed by atoms with E-state index in [1.807, 2.05) is 20.8 Å². The Hall–Kier alpha value is -1.55. The minimum absolute atomic E-state index is 0.00766. The van der Waals surface area contributed by atoms with E-state index in [4.69, 9.17) is 4.74 Å². The fourth-order valence-corrected chi connectivity index (χ4v) is 2.16. The van der Waals surface area contributed by atoms with Gasteiger partial charge in [0, 0.05) is 6.61 Å². The molecule has 0 aromatic heterocycles. The molecule has 0 bridgehead atoms. The third-order valence-corrected chi connectivity index (χ3v) is 3.68. The van der Waals surface area contributed by atoms with Gasteiger partial charge in [0.1, 0.15) is 5.75 Å². The lowest BCUT2D eigenvalue weighted by Gasteiger charge is -2.29. The maximum Gasteiger partial charge on any atom is 0.255 e. The first-order valence-electron chi connectivity index (χ1n) is 6.16. The van der Waals surface area contributed by atoms with Crippen LogP contribution in [0.1, 0.15) is 36.2 Å². The summed E-state index contributed by atoms with van der Waals surface area (Å²) in [6.07, 6.45) is 0.764. The Morgan fingerprint density at radius 1 is 1.56 bits per heavy atom. The van der Waals surface area contributed by atoms with Crippen molar-refractivity contribution in [2.24, 2.45) is 0 Å². The Morgan fingerprint density at radius 3 is 2.89 bits per heavy atom. The molecule has 2 atom stereocenters. The van der Waals surface area contributed by atoms with E-state index >= 15 is 0 Å². The molecule has 1 aromatic rings. The van der Waals surface area contributed by atoms with E-state index in [9.17, 15) is 9.90 Å². The van der Waals surface area contributed by atoms with E-state index < -0.39 is 0 Å². The largest absolute Gasteiger partial charge is 0.507 e. The Bertz CT molecular complexity index is 472. The molecule has 1 amide bonds. The van der Waals surface area contributed by atoms with Gasteiger partial charge in [0.25, 0.3) is 5.91 Å². The third kappa shape index (κ3) is 2.34. The molecule has 0 saturated carbocycles. The number of carbonyl (C=O) groups excluding carboxylic acids is 1. The van der Waals surface area contributed by atoms with Crippen molar-refractivity contribution in [3.63, 3.8) is 0 Å². The fraction of sp³-hybridized carbons (Fsp3) is 0.500. The van der Waals surface area contributed by atoms with Crippen LogP contribution in [0.5, 0.6) is 5.75 Å². The highest BCUT2D eigenvalue weighted by Gasteiger charge is 2.38. The molecule has 98 valence electrons. The van der Waals surface area contributed by atoms with Crippen LogP contribution in [0.3, 0.4) is 0 Å². The summed E-state index contributed by atoms with van der Waals surface area (Å²) in [5, 5.41) is 12.7. The molecule has 2 N–H and O–H groups in total. The van der Waals surface area contributed by atoms with Crippen LogP contribution in [0, 0.1) is 6.92 Å². The smallest absolute Gasteiger partial charge is 0.255 e. The first-order valence-corrected chi connectivity index (χ1v) is 6.16. The number of ether oxygens (including phenoxy) is 1. The molecular formula is C14H19NO3. The predicted octanol–water partition coefficient (Wildman–Crippen LogP) is 2.00. The summed E-state index contributed by atoms with van der Waals surface area (Å²) < 4.78 is 5.48. The summed E-state index contributed by atoms with van der Waals surface area (Å²) in [5.41, 5.74) is 0.891. The molecule has 1 fully saturated rings.